The van der Waals surface area contributed by atoms with Gasteiger partial charge in [0, 0.05) is 0 Å². The fraction of sp³-hybridized carbons (Fsp3) is 0.364. The monoisotopic (exact) mass is 337 g/mol. The minimum absolute atomic E-state index is 0. The molecule has 2 atom stereocenters. The predicted octanol–water partition coefficient (Wildman–Crippen LogP) is 2.70. The highest BCUT2D eigenvalue weighted by Gasteiger charge is 2.36. The minimum Gasteiger partial charge on any atom is -0.464 e. The van der Waals surface area contributed by atoms with Crippen LogP contribution in [0.25, 0.3) is 0 Å². The molecule has 0 aliphatic rings. The second kappa shape index (κ2) is 7.51. The zero-order chi connectivity index (χ0) is 15.6. The molecule has 0 fully saturated rings. The number of nitrogens with two attached hydrogens (primary N) is 1. The van der Waals surface area contributed by atoms with Crippen LogP contribution < -0.4 is 5.73 Å². The Morgan fingerprint density at radius 1 is 1.05 bits per heavy atom. The molecule has 0 saturated heterocycles. The molecule has 1 aromatic rings. The topological polar surface area (TPSA) is 52.3 Å². The maximum absolute atomic E-state index is 13.5. The van der Waals surface area contributed by atoms with E-state index in [1.807, 2.05) is 0 Å². The third-order valence-electron chi connectivity index (χ3n) is 2.40. The smallest absolute Gasteiger partial charge is 0.342 e. The maximum atomic E-state index is 13.5. The standard InChI is InChI=1S/C11H9F6NO2.ClH/c1-2-20-11(19)9(17)10(18)3-4(12)6(14)8(16)7(15)5(3)13;/h9-10H,2,18H2,1H3;1H/t9?,10-;/m0./s1. The van der Waals surface area contributed by atoms with Crippen LogP contribution in [0.5, 0.6) is 0 Å². The molecule has 0 saturated carbocycles. The Labute approximate surface area is 121 Å². The molecule has 21 heavy (non-hydrogen) atoms. The van der Waals surface area contributed by atoms with Gasteiger partial charge >= 0.3 is 5.97 Å². The average Bonchev–Trinajstić information content (AvgIpc) is 2.42. The predicted molar refractivity (Wildman–Crippen MR) is 61.9 cm³/mol. The SMILES string of the molecule is CCOC(=O)C(F)[C@@H](N)c1c(F)c(F)c(F)c(F)c1F.Cl. The van der Waals surface area contributed by atoms with Crippen LogP contribution in [0.15, 0.2) is 0 Å². The van der Waals surface area contributed by atoms with Gasteiger partial charge in [-0.2, -0.15) is 0 Å². The number of halogens is 7. The minimum atomic E-state index is -2.77. The molecule has 0 aromatic heterocycles. The molecular weight excluding hydrogens is 328 g/mol. The Bertz CT molecular complexity index is 513. The third-order valence-corrected chi connectivity index (χ3v) is 2.40. The number of rotatable bonds is 4. The fourth-order valence-corrected chi connectivity index (χ4v) is 1.43. The first-order valence-electron chi connectivity index (χ1n) is 5.31. The van der Waals surface area contributed by atoms with Crippen LogP contribution in [-0.2, 0) is 9.53 Å². The molecule has 0 radical (unpaired) electrons. The van der Waals surface area contributed by atoms with Gasteiger partial charge in [0.05, 0.1) is 18.2 Å². The van der Waals surface area contributed by atoms with Crippen LogP contribution in [0.2, 0.25) is 0 Å². The van der Waals surface area contributed by atoms with Gasteiger partial charge in [0.25, 0.3) is 0 Å². The van der Waals surface area contributed by atoms with Crippen molar-refractivity contribution >= 4 is 18.4 Å². The Morgan fingerprint density at radius 3 is 1.81 bits per heavy atom. The molecule has 3 nitrogen and oxygen atoms in total. The lowest BCUT2D eigenvalue weighted by atomic mass is 10.0. The highest BCUT2D eigenvalue weighted by molar-refractivity contribution is 5.85. The quantitative estimate of drug-likeness (QED) is 0.398. The number of hydrogen-bond donors (Lipinski definition) is 1. The van der Waals surface area contributed by atoms with Gasteiger partial charge in [0.2, 0.25) is 12.0 Å². The molecule has 2 N–H and O–H groups in total. The lowest BCUT2D eigenvalue weighted by molar-refractivity contribution is -0.150. The number of hydrogen-bond acceptors (Lipinski definition) is 3. The van der Waals surface area contributed by atoms with Crippen LogP contribution in [0.1, 0.15) is 18.5 Å². The molecule has 0 aliphatic carbocycles. The molecule has 120 valence electrons. The van der Waals surface area contributed by atoms with E-state index in [1.165, 1.54) is 6.92 Å². The summed E-state index contributed by atoms with van der Waals surface area (Å²) in [4.78, 5) is 11.0. The van der Waals surface area contributed by atoms with E-state index in [9.17, 15) is 31.1 Å². The van der Waals surface area contributed by atoms with Crippen molar-refractivity contribution in [1.29, 1.82) is 0 Å². The third kappa shape index (κ3) is 3.59. The second-order valence-corrected chi connectivity index (χ2v) is 3.66. The first-order chi connectivity index (χ1) is 9.23. The first-order valence-corrected chi connectivity index (χ1v) is 5.31. The molecule has 0 spiro atoms. The van der Waals surface area contributed by atoms with Crippen molar-refractivity contribution in [2.75, 3.05) is 6.61 Å². The molecule has 0 heterocycles. The van der Waals surface area contributed by atoms with Crippen LogP contribution in [-0.4, -0.2) is 18.7 Å². The van der Waals surface area contributed by atoms with E-state index in [4.69, 9.17) is 5.73 Å². The lowest BCUT2D eigenvalue weighted by Gasteiger charge is -2.18. The van der Waals surface area contributed by atoms with E-state index in [0.717, 1.165) is 0 Å². The van der Waals surface area contributed by atoms with Gasteiger partial charge in [-0.25, -0.2) is 31.1 Å². The van der Waals surface area contributed by atoms with E-state index in [-0.39, 0.29) is 19.0 Å². The molecule has 0 bridgehead atoms. The van der Waals surface area contributed by atoms with Gasteiger partial charge in [0.1, 0.15) is 0 Å². The van der Waals surface area contributed by atoms with Crippen LogP contribution in [0.4, 0.5) is 26.3 Å². The van der Waals surface area contributed by atoms with Gasteiger partial charge in [-0.3, -0.25) is 0 Å². The lowest BCUT2D eigenvalue weighted by Crippen LogP contribution is -2.33. The van der Waals surface area contributed by atoms with E-state index >= 15 is 0 Å². The molecule has 1 rings (SSSR count). The summed E-state index contributed by atoms with van der Waals surface area (Å²) in [7, 11) is 0. The highest BCUT2D eigenvalue weighted by Crippen LogP contribution is 2.29. The number of carbonyl (C=O) groups is 1. The van der Waals surface area contributed by atoms with Gasteiger partial charge in [-0.1, -0.05) is 0 Å². The van der Waals surface area contributed by atoms with Gasteiger partial charge < -0.3 is 10.5 Å². The number of carbonyl (C=O) groups excluding carboxylic acids is 1. The van der Waals surface area contributed by atoms with Crippen molar-refractivity contribution in [3.63, 3.8) is 0 Å². The van der Waals surface area contributed by atoms with Gasteiger partial charge in [-0.05, 0) is 6.92 Å². The average molecular weight is 338 g/mol. The molecule has 0 aliphatic heterocycles. The molecule has 1 unspecified atom stereocenters. The summed E-state index contributed by atoms with van der Waals surface area (Å²) in [5.74, 6) is -13.1. The van der Waals surface area contributed by atoms with E-state index in [1.54, 1.807) is 0 Å². The van der Waals surface area contributed by atoms with Gasteiger partial charge in [0.15, 0.2) is 23.3 Å². The highest BCUT2D eigenvalue weighted by atomic mass is 35.5. The summed E-state index contributed by atoms with van der Waals surface area (Å²) in [6.07, 6.45) is -2.77. The van der Waals surface area contributed by atoms with Crippen molar-refractivity contribution < 1.29 is 35.9 Å². The Morgan fingerprint density at radius 2 is 1.43 bits per heavy atom. The summed E-state index contributed by atoms with van der Waals surface area (Å²) >= 11 is 0. The van der Waals surface area contributed by atoms with Crippen molar-refractivity contribution in [1.82, 2.24) is 0 Å². The van der Waals surface area contributed by atoms with E-state index in [2.05, 4.69) is 4.74 Å². The zero-order valence-corrected chi connectivity index (χ0v) is 11.2. The Balaban J connectivity index is 0.00000400. The van der Waals surface area contributed by atoms with E-state index in [0.29, 0.717) is 0 Å². The van der Waals surface area contributed by atoms with Crippen molar-refractivity contribution in [3.05, 3.63) is 34.6 Å². The fourth-order valence-electron chi connectivity index (χ4n) is 1.43. The Hall–Kier alpha value is -1.48. The molecule has 0 amide bonds. The molecular formula is C11H10ClF6NO2. The summed E-state index contributed by atoms with van der Waals surface area (Å²) in [6.45, 7) is 1.08. The molecule has 10 heteroatoms. The molecule has 1 aromatic carbocycles. The van der Waals surface area contributed by atoms with Crippen LogP contribution >= 0.6 is 12.4 Å². The summed E-state index contributed by atoms with van der Waals surface area (Å²) in [6, 6.07) is -2.39. The van der Waals surface area contributed by atoms with Crippen LogP contribution in [0.3, 0.4) is 0 Å². The second-order valence-electron chi connectivity index (χ2n) is 3.66. The number of alkyl halides is 1. The Kier molecular flexibility index (Phi) is 6.98. The number of benzene rings is 1. The first kappa shape index (κ1) is 19.5. The summed E-state index contributed by atoms with van der Waals surface area (Å²) < 4.78 is 83.0. The summed E-state index contributed by atoms with van der Waals surface area (Å²) in [5, 5.41) is 0. The zero-order valence-electron chi connectivity index (χ0n) is 10.4. The largest absolute Gasteiger partial charge is 0.464 e. The maximum Gasteiger partial charge on any atom is 0.342 e. The number of esters is 1. The van der Waals surface area contributed by atoms with Crippen molar-refractivity contribution in [2.45, 2.75) is 19.1 Å². The number of ether oxygens (including phenoxy) is 1. The van der Waals surface area contributed by atoms with Gasteiger partial charge in [-0.15, -0.1) is 12.4 Å². The van der Waals surface area contributed by atoms with Crippen LogP contribution in [0, 0.1) is 29.1 Å². The summed E-state index contributed by atoms with van der Waals surface area (Å²) in [5.41, 5.74) is 3.44. The van der Waals surface area contributed by atoms with Crippen molar-refractivity contribution in [2.24, 2.45) is 5.73 Å². The van der Waals surface area contributed by atoms with Crippen molar-refractivity contribution in [3.8, 4) is 0 Å². The van der Waals surface area contributed by atoms with E-state index < -0.39 is 52.8 Å². The normalized spacial score (nSPS) is 13.3.